The van der Waals surface area contributed by atoms with E-state index in [1.165, 1.54) is 5.56 Å². The van der Waals surface area contributed by atoms with E-state index < -0.39 is 0 Å². The first-order valence-electron chi connectivity index (χ1n) is 5.62. The van der Waals surface area contributed by atoms with E-state index in [1.54, 1.807) is 0 Å². The Morgan fingerprint density at radius 3 is 2.87 bits per heavy atom. The van der Waals surface area contributed by atoms with Gasteiger partial charge < -0.3 is 10.6 Å². The molecule has 0 fully saturated rings. The number of anilines is 1. The van der Waals surface area contributed by atoms with E-state index in [0.29, 0.717) is 5.92 Å². The summed E-state index contributed by atoms with van der Waals surface area (Å²) in [5.41, 5.74) is 1.28. The van der Waals surface area contributed by atoms with E-state index in [9.17, 15) is 0 Å². The van der Waals surface area contributed by atoms with Crippen LogP contribution in [0.3, 0.4) is 0 Å². The number of pyridine rings is 1. The molecule has 0 aromatic carbocycles. The number of nitrogens with zero attached hydrogens (tertiary/aromatic N) is 1. The predicted molar refractivity (Wildman–Crippen MR) is 64.9 cm³/mol. The monoisotopic (exact) mass is 207 g/mol. The second-order valence-electron chi connectivity index (χ2n) is 4.10. The van der Waals surface area contributed by atoms with E-state index in [2.05, 4.69) is 42.5 Å². The van der Waals surface area contributed by atoms with Gasteiger partial charge in [-0.25, -0.2) is 4.98 Å². The molecule has 0 radical (unpaired) electrons. The summed E-state index contributed by atoms with van der Waals surface area (Å²) in [6.45, 7) is 9.38. The highest BCUT2D eigenvalue weighted by atomic mass is 15.0. The largest absolute Gasteiger partial charge is 0.370 e. The molecule has 3 nitrogen and oxygen atoms in total. The first kappa shape index (κ1) is 12.0. The van der Waals surface area contributed by atoms with Crippen LogP contribution in [0.15, 0.2) is 18.3 Å². The normalized spacial score (nSPS) is 10.7. The third kappa shape index (κ3) is 4.79. The number of rotatable bonds is 6. The molecule has 0 unspecified atom stereocenters. The van der Waals surface area contributed by atoms with Crippen molar-refractivity contribution >= 4 is 5.82 Å². The average Bonchev–Trinajstić information content (AvgIpc) is 2.18. The van der Waals surface area contributed by atoms with Crippen LogP contribution >= 0.6 is 0 Å². The molecule has 0 atom stereocenters. The van der Waals surface area contributed by atoms with Gasteiger partial charge in [0.1, 0.15) is 5.82 Å². The second kappa shape index (κ2) is 6.40. The Morgan fingerprint density at radius 1 is 1.40 bits per heavy atom. The van der Waals surface area contributed by atoms with Crippen molar-refractivity contribution in [2.24, 2.45) is 5.92 Å². The molecule has 0 bridgehead atoms. The summed E-state index contributed by atoms with van der Waals surface area (Å²) in [5.74, 6) is 1.65. The van der Waals surface area contributed by atoms with Crippen molar-refractivity contribution in [2.45, 2.75) is 27.3 Å². The van der Waals surface area contributed by atoms with Crippen molar-refractivity contribution in [1.29, 1.82) is 0 Å². The standard InChI is InChI=1S/C12H21N3/c1-4-14-12-7-11(5-6-15-12)9-13-8-10(2)3/h5-7,10,13H,4,8-9H2,1-3H3,(H,14,15). The first-order chi connectivity index (χ1) is 7.22. The van der Waals surface area contributed by atoms with Crippen LogP contribution < -0.4 is 10.6 Å². The van der Waals surface area contributed by atoms with Gasteiger partial charge in [0.15, 0.2) is 0 Å². The Hall–Kier alpha value is -1.09. The van der Waals surface area contributed by atoms with Crippen LogP contribution in [-0.2, 0) is 6.54 Å². The Kier molecular flexibility index (Phi) is 5.12. The van der Waals surface area contributed by atoms with Gasteiger partial charge in [-0.1, -0.05) is 13.8 Å². The van der Waals surface area contributed by atoms with E-state index in [4.69, 9.17) is 0 Å². The quantitative estimate of drug-likeness (QED) is 0.751. The Bertz CT molecular complexity index is 284. The summed E-state index contributed by atoms with van der Waals surface area (Å²) >= 11 is 0. The van der Waals surface area contributed by atoms with Crippen LogP contribution in [0.2, 0.25) is 0 Å². The van der Waals surface area contributed by atoms with Gasteiger partial charge in [-0.05, 0) is 37.1 Å². The fraction of sp³-hybridized carbons (Fsp3) is 0.583. The maximum atomic E-state index is 4.23. The highest BCUT2D eigenvalue weighted by Gasteiger charge is 1.97. The molecule has 0 amide bonds. The molecule has 0 saturated heterocycles. The van der Waals surface area contributed by atoms with Gasteiger partial charge in [0.05, 0.1) is 0 Å². The van der Waals surface area contributed by atoms with Gasteiger partial charge in [0.25, 0.3) is 0 Å². The smallest absolute Gasteiger partial charge is 0.126 e. The molecule has 84 valence electrons. The number of nitrogens with one attached hydrogen (secondary N) is 2. The van der Waals surface area contributed by atoms with Crippen LogP contribution in [-0.4, -0.2) is 18.1 Å². The van der Waals surface area contributed by atoms with Crippen LogP contribution in [0, 0.1) is 5.92 Å². The zero-order chi connectivity index (χ0) is 11.1. The van der Waals surface area contributed by atoms with Crippen LogP contribution in [0.1, 0.15) is 26.3 Å². The Labute approximate surface area is 92.3 Å². The lowest BCUT2D eigenvalue weighted by Crippen LogP contribution is -2.19. The van der Waals surface area contributed by atoms with Crippen molar-refractivity contribution in [2.75, 3.05) is 18.4 Å². The molecule has 15 heavy (non-hydrogen) atoms. The number of aromatic nitrogens is 1. The summed E-state index contributed by atoms with van der Waals surface area (Å²) in [7, 11) is 0. The third-order valence-electron chi connectivity index (χ3n) is 2.06. The van der Waals surface area contributed by atoms with Crippen molar-refractivity contribution in [3.63, 3.8) is 0 Å². The summed E-state index contributed by atoms with van der Waals surface area (Å²) in [6.07, 6.45) is 1.85. The fourth-order valence-corrected chi connectivity index (χ4v) is 1.37. The van der Waals surface area contributed by atoms with Crippen molar-refractivity contribution in [1.82, 2.24) is 10.3 Å². The first-order valence-corrected chi connectivity index (χ1v) is 5.62. The van der Waals surface area contributed by atoms with Crippen molar-refractivity contribution < 1.29 is 0 Å². The number of hydrogen-bond donors (Lipinski definition) is 2. The molecule has 0 aliphatic carbocycles. The second-order valence-corrected chi connectivity index (χ2v) is 4.10. The minimum atomic E-state index is 0.695. The summed E-state index contributed by atoms with van der Waals surface area (Å²) < 4.78 is 0. The van der Waals surface area contributed by atoms with E-state index >= 15 is 0 Å². The van der Waals surface area contributed by atoms with Crippen LogP contribution in [0.5, 0.6) is 0 Å². The summed E-state index contributed by atoms with van der Waals surface area (Å²) in [5, 5.41) is 6.62. The average molecular weight is 207 g/mol. The molecule has 1 aromatic rings. The lowest BCUT2D eigenvalue weighted by Gasteiger charge is -2.08. The third-order valence-corrected chi connectivity index (χ3v) is 2.06. The van der Waals surface area contributed by atoms with E-state index in [1.807, 2.05) is 12.3 Å². The molecule has 2 N–H and O–H groups in total. The molecule has 1 rings (SSSR count). The maximum absolute atomic E-state index is 4.23. The molecular weight excluding hydrogens is 186 g/mol. The molecular formula is C12H21N3. The van der Waals surface area contributed by atoms with E-state index in [-0.39, 0.29) is 0 Å². The van der Waals surface area contributed by atoms with Gasteiger partial charge in [0.2, 0.25) is 0 Å². The summed E-state index contributed by atoms with van der Waals surface area (Å²) in [6, 6.07) is 4.14. The molecule has 0 aliphatic heterocycles. The lowest BCUT2D eigenvalue weighted by molar-refractivity contribution is 0.552. The minimum absolute atomic E-state index is 0.695. The Morgan fingerprint density at radius 2 is 2.20 bits per heavy atom. The molecule has 1 heterocycles. The van der Waals surface area contributed by atoms with Gasteiger partial charge in [-0.15, -0.1) is 0 Å². The molecule has 1 aromatic heterocycles. The minimum Gasteiger partial charge on any atom is -0.370 e. The molecule has 0 spiro atoms. The summed E-state index contributed by atoms with van der Waals surface area (Å²) in [4.78, 5) is 4.23. The highest BCUT2D eigenvalue weighted by Crippen LogP contribution is 2.06. The van der Waals surface area contributed by atoms with Crippen LogP contribution in [0.4, 0.5) is 5.82 Å². The predicted octanol–water partition coefficient (Wildman–Crippen LogP) is 2.26. The molecule has 0 aliphatic rings. The Balaban J connectivity index is 2.43. The molecule has 0 saturated carbocycles. The van der Waals surface area contributed by atoms with Gasteiger partial charge in [0, 0.05) is 19.3 Å². The van der Waals surface area contributed by atoms with E-state index in [0.717, 1.165) is 25.5 Å². The van der Waals surface area contributed by atoms with Crippen LogP contribution in [0.25, 0.3) is 0 Å². The van der Waals surface area contributed by atoms with Crippen molar-refractivity contribution in [3.8, 4) is 0 Å². The topological polar surface area (TPSA) is 37.0 Å². The van der Waals surface area contributed by atoms with Gasteiger partial charge in [-0.2, -0.15) is 0 Å². The SMILES string of the molecule is CCNc1cc(CNCC(C)C)ccn1. The highest BCUT2D eigenvalue weighted by molar-refractivity contribution is 5.37. The van der Waals surface area contributed by atoms with Gasteiger partial charge >= 0.3 is 0 Å². The number of hydrogen-bond acceptors (Lipinski definition) is 3. The lowest BCUT2D eigenvalue weighted by atomic mass is 10.2. The maximum Gasteiger partial charge on any atom is 0.126 e. The van der Waals surface area contributed by atoms with Gasteiger partial charge in [-0.3, -0.25) is 0 Å². The molecule has 3 heteroatoms. The fourth-order valence-electron chi connectivity index (χ4n) is 1.37. The zero-order valence-electron chi connectivity index (χ0n) is 9.88. The zero-order valence-corrected chi connectivity index (χ0v) is 9.88. The van der Waals surface area contributed by atoms with Crippen molar-refractivity contribution in [3.05, 3.63) is 23.9 Å².